The summed E-state index contributed by atoms with van der Waals surface area (Å²) in [6.45, 7) is 14.4. The molecule has 0 aromatic heterocycles. The van der Waals surface area contributed by atoms with Crippen LogP contribution in [-0.4, -0.2) is 0 Å². The zero-order valence-corrected chi connectivity index (χ0v) is 8.22. The van der Waals surface area contributed by atoms with Gasteiger partial charge in [0.05, 0.1) is 0 Å². The predicted molar refractivity (Wildman–Crippen MR) is 96.1 cm³/mol. The van der Waals surface area contributed by atoms with Crippen LogP contribution in [-0.2, 0) is 0 Å². The molecule has 0 fully saturated rings. The molecule has 0 heteroatoms. The Bertz CT molecular complexity index is 108. The number of hydrogen-bond acceptors (Lipinski definition) is 0. The lowest BCUT2D eigenvalue weighted by Gasteiger charge is -1.49. The lowest BCUT2D eigenvalue weighted by molar-refractivity contribution is 1.64. The first-order chi connectivity index (χ1) is 5.24. The van der Waals surface area contributed by atoms with Gasteiger partial charge in [0.25, 0.3) is 0 Å². The molecule has 0 heterocycles. The fourth-order valence-electron chi connectivity index (χ4n) is 0. The molecule has 0 N–H and O–H groups in total. The van der Waals surface area contributed by atoms with Crippen LogP contribution in [0.5, 0.6) is 0 Å². The lowest BCUT2D eigenvalue weighted by atomic mass is 10.6. The van der Waals surface area contributed by atoms with Gasteiger partial charge in [-0.25, -0.2) is 0 Å². The fraction of sp³-hybridized carbons (Fsp3) is 0.588. The van der Waals surface area contributed by atoms with Crippen molar-refractivity contribution in [2.45, 2.75) is 72.3 Å². The zero-order valence-electron chi connectivity index (χ0n) is 8.22. The van der Waals surface area contributed by atoms with Gasteiger partial charge >= 0.3 is 0 Å². The number of hydrogen-bond donors (Lipinski definition) is 0. The molecule has 0 spiro atoms. The van der Waals surface area contributed by atoms with Crippen LogP contribution in [0.25, 0.3) is 0 Å². The van der Waals surface area contributed by atoms with Gasteiger partial charge < -0.3 is 0 Å². The molecule has 0 aliphatic rings. The Labute approximate surface area is 116 Å². The van der Waals surface area contributed by atoms with Crippen LogP contribution in [0.15, 0.2) is 43.2 Å². The summed E-state index contributed by atoms with van der Waals surface area (Å²) in [5.41, 5.74) is 2.56. The molecule has 0 bridgehead atoms. The smallest absolute Gasteiger partial charge is 0.0393 e. The Hall–Kier alpha value is -1.00. The average Bonchev–Trinajstić information content (AvgIpc) is 2.06. The highest BCUT2D eigenvalue weighted by Crippen LogP contribution is 1.57. The van der Waals surface area contributed by atoms with E-state index in [1.165, 1.54) is 0 Å². The van der Waals surface area contributed by atoms with E-state index in [-0.39, 0.29) is 44.6 Å². The molecule has 0 aromatic carbocycles. The van der Waals surface area contributed by atoms with Crippen molar-refractivity contribution in [3.8, 4) is 0 Å². The van der Waals surface area contributed by atoms with Crippen molar-refractivity contribution in [1.29, 1.82) is 0 Å². The van der Waals surface area contributed by atoms with E-state index in [4.69, 9.17) is 0 Å². The Morgan fingerprint density at radius 1 is 0.706 bits per heavy atom. The summed E-state index contributed by atoms with van der Waals surface area (Å²) in [5.74, 6) is 0. The Balaban J connectivity index is -0.00000000691. The monoisotopic (exact) mass is 248 g/mol. The van der Waals surface area contributed by atoms with Gasteiger partial charge in [-0.3, -0.25) is 0 Å². The molecule has 0 nitrogen and oxygen atoms in total. The second kappa shape index (κ2) is 184. The molecule has 0 aromatic rings. The third-order valence-electron chi connectivity index (χ3n) is 0.537. The van der Waals surface area contributed by atoms with E-state index < -0.39 is 0 Å². The Morgan fingerprint density at radius 2 is 0.824 bits per heavy atom. The summed E-state index contributed by atoms with van der Waals surface area (Å²) in [7, 11) is 0. The summed E-state index contributed by atoms with van der Waals surface area (Å²) >= 11 is 0. The SMILES string of the molecule is C.C.C.C.C.C.C=C=CC.C=CC.CC=CC. The van der Waals surface area contributed by atoms with Crippen molar-refractivity contribution in [2.75, 3.05) is 0 Å². The van der Waals surface area contributed by atoms with Crippen LogP contribution in [0.4, 0.5) is 0 Å². The van der Waals surface area contributed by atoms with Crippen molar-refractivity contribution in [3.63, 3.8) is 0 Å². The normalized spacial score (nSPS) is 4.00. The highest BCUT2D eigenvalue weighted by atomic mass is 13.4. The summed E-state index contributed by atoms with van der Waals surface area (Å²) in [6.07, 6.45) is 7.51. The standard InChI is InChI=1S/C4H8.C4H6.C3H6.6CH4/c2*1-3-4-2;1-3-2;;;;;;/h3-4H,1-2H3;4H,1H2,2H3;3H,1H2,2H3;6*1H4. The quantitative estimate of drug-likeness (QED) is 0.301. The highest BCUT2D eigenvalue weighted by molar-refractivity contribution is 4.68. The molecule has 0 atom stereocenters. The molecule has 0 unspecified atom stereocenters. The molecule has 0 saturated carbocycles. The van der Waals surface area contributed by atoms with Gasteiger partial charge in [-0.15, -0.1) is 12.3 Å². The molecular formula is C17H44. The summed E-state index contributed by atoms with van der Waals surface area (Å²) in [4.78, 5) is 0. The molecular weight excluding hydrogens is 204 g/mol. The van der Waals surface area contributed by atoms with Crippen LogP contribution in [0.3, 0.4) is 0 Å². The molecule has 0 aliphatic heterocycles. The molecule has 0 saturated heterocycles. The van der Waals surface area contributed by atoms with Gasteiger partial charge in [0.1, 0.15) is 0 Å². The first kappa shape index (κ1) is 73.5. The summed E-state index contributed by atoms with van der Waals surface area (Å²) < 4.78 is 0. The second-order valence-electron chi connectivity index (χ2n) is 1.57. The van der Waals surface area contributed by atoms with Crippen LogP contribution in [0.2, 0.25) is 0 Å². The van der Waals surface area contributed by atoms with Crippen molar-refractivity contribution in [2.24, 2.45) is 0 Å². The van der Waals surface area contributed by atoms with Crippen molar-refractivity contribution in [1.82, 2.24) is 0 Å². The van der Waals surface area contributed by atoms with Crippen LogP contribution >= 0.6 is 0 Å². The second-order valence-corrected chi connectivity index (χ2v) is 1.57. The van der Waals surface area contributed by atoms with E-state index in [1.54, 1.807) is 12.2 Å². The molecule has 0 rings (SSSR count). The van der Waals surface area contributed by atoms with Gasteiger partial charge in [-0.05, 0) is 33.8 Å². The first-order valence-electron chi connectivity index (χ1n) is 3.69. The fourth-order valence-corrected chi connectivity index (χ4v) is 0. The number of allylic oxidation sites excluding steroid dienone is 4. The average molecular weight is 249 g/mol. The van der Waals surface area contributed by atoms with Crippen molar-refractivity contribution < 1.29 is 0 Å². The van der Waals surface area contributed by atoms with Gasteiger partial charge in [0.2, 0.25) is 0 Å². The minimum atomic E-state index is 0. The lowest BCUT2D eigenvalue weighted by Crippen LogP contribution is -1.26. The van der Waals surface area contributed by atoms with Crippen molar-refractivity contribution >= 4 is 0 Å². The van der Waals surface area contributed by atoms with Gasteiger partial charge in [0.15, 0.2) is 0 Å². The Morgan fingerprint density at radius 3 is 0.824 bits per heavy atom. The zero-order chi connectivity index (χ0) is 9.54. The largest absolute Gasteiger partial charge is 0.133 e. The molecule has 0 aliphatic carbocycles. The van der Waals surface area contributed by atoms with Crippen molar-refractivity contribution in [3.05, 3.63) is 43.2 Å². The predicted octanol–water partition coefficient (Wildman–Crippen LogP) is 7.94. The van der Waals surface area contributed by atoms with E-state index in [2.05, 4.69) is 18.9 Å². The van der Waals surface area contributed by atoms with E-state index in [1.807, 2.05) is 39.8 Å². The Kier molecular flexibility index (Phi) is 794. The van der Waals surface area contributed by atoms with Crippen LogP contribution in [0.1, 0.15) is 72.3 Å². The minimum Gasteiger partial charge on any atom is -0.133 e. The summed E-state index contributed by atoms with van der Waals surface area (Å²) in [6, 6.07) is 0. The number of rotatable bonds is 0. The molecule has 0 radical (unpaired) electrons. The van der Waals surface area contributed by atoms with E-state index in [0.717, 1.165) is 0 Å². The maximum Gasteiger partial charge on any atom is -0.0393 e. The van der Waals surface area contributed by atoms with E-state index >= 15 is 0 Å². The van der Waals surface area contributed by atoms with E-state index in [9.17, 15) is 0 Å². The molecule has 0 amide bonds. The van der Waals surface area contributed by atoms with E-state index in [0.29, 0.717) is 0 Å². The minimum absolute atomic E-state index is 0. The van der Waals surface area contributed by atoms with Gasteiger partial charge in [-0.1, -0.05) is 69.4 Å². The molecule has 17 heavy (non-hydrogen) atoms. The third-order valence-corrected chi connectivity index (χ3v) is 0.537. The third kappa shape index (κ3) is 2540. The van der Waals surface area contributed by atoms with Gasteiger partial charge in [-0.2, -0.15) is 0 Å². The summed E-state index contributed by atoms with van der Waals surface area (Å²) in [5, 5.41) is 0. The van der Waals surface area contributed by atoms with Crippen LogP contribution < -0.4 is 0 Å². The first-order valence-corrected chi connectivity index (χ1v) is 3.69. The maximum atomic E-state index is 3.36. The maximum absolute atomic E-state index is 3.36. The highest BCUT2D eigenvalue weighted by Gasteiger charge is 1.34. The molecule has 112 valence electrons. The van der Waals surface area contributed by atoms with Crippen LogP contribution in [0, 0.1) is 0 Å². The van der Waals surface area contributed by atoms with Gasteiger partial charge in [0, 0.05) is 0 Å². The topological polar surface area (TPSA) is 0 Å².